The Morgan fingerprint density at radius 1 is 1.14 bits per heavy atom. The maximum absolute atomic E-state index is 12.6. The van der Waals surface area contributed by atoms with Gasteiger partial charge in [0.05, 0.1) is 26.3 Å². The van der Waals surface area contributed by atoms with E-state index in [1.165, 1.54) is 26.4 Å². The van der Waals surface area contributed by atoms with Gasteiger partial charge in [-0.1, -0.05) is 15.9 Å². The molecule has 7 heteroatoms. The number of carbonyl (C=O) groups excluding carboxylic acids is 2. The highest BCUT2D eigenvalue weighted by Gasteiger charge is 2.57. The minimum Gasteiger partial charge on any atom is -0.497 e. The van der Waals surface area contributed by atoms with Gasteiger partial charge in [-0.2, -0.15) is 0 Å². The van der Waals surface area contributed by atoms with Crippen molar-refractivity contribution < 1.29 is 23.8 Å². The number of methoxy groups -OCH3 is 2. The molecule has 4 atom stereocenters. The Bertz CT molecular complexity index is 796. The van der Waals surface area contributed by atoms with E-state index in [-0.39, 0.29) is 22.3 Å². The van der Waals surface area contributed by atoms with Gasteiger partial charge in [0.2, 0.25) is 0 Å². The number of esters is 1. The van der Waals surface area contributed by atoms with Crippen molar-refractivity contribution in [2.24, 2.45) is 17.3 Å². The predicted molar refractivity (Wildman–Crippen MR) is 113 cm³/mol. The summed E-state index contributed by atoms with van der Waals surface area (Å²) in [5.74, 6) is 1.87. The van der Waals surface area contributed by atoms with Crippen molar-refractivity contribution >= 4 is 33.5 Å². The molecular weight excluding hydrogens is 438 g/mol. The van der Waals surface area contributed by atoms with Crippen LogP contribution in [0.5, 0.6) is 11.5 Å². The fraction of sp³-hybridized carbons (Fsp3) is 0.636. The first-order valence-corrected chi connectivity index (χ1v) is 11.0. The van der Waals surface area contributed by atoms with Gasteiger partial charge < -0.3 is 19.5 Å². The zero-order valence-electron chi connectivity index (χ0n) is 17.0. The molecule has 4 fully saturated rings. The summed E-state index contributed by atoms with van der Waals surface area (Å²) in [6, 6.07) is 5.13. The standard InChI is InChI=1S/C22H28BrNO5/c1-27-16-3-4-18(28-2)17(6-16)24-19(25)12-29-20(26)11-21-7-14-5-15(8-21)10-22(23,9-14)13-21/h3-4,6,14-15H,5,7-13H2,1-2H3,(H,24,25)/t14-,15+,21?,22?. The number of alkyl halides is 1. The van der Waals surface area contributed by atoms with Crippen molar-refractivity contribution in [3.8, 4) is 11.5 Å². The molecule has 5 rings (SSSR count). The molecule has 4 aliphatic rings. The Labute approximate surface area is 179 Å². The van der Waals surface area contributed by atoms with Crippen LogP contribution in [-0.2, 0) is 14.3 Å². The molecule has 0 spiro atoms. The molecule has 1 amide bonds. The van der Waals surface area contributed by atoms with Gasteiger partial charge in [0.25, 0.3) is 5.91 Å². The normalized spacial score (nSPS) is 32.0. The first-order chi connectivity index (χ1) is 13.8. The summed E-state index contributed by atoms with van der Waals surface area (Å²) in [5, 5.41) is 2.73. The third-order valence-electron chi connectivity index (χ3n) is 6.68. The van der Waals surface area contributed by atoms with E-state index >= 15 is 0 Å². The van der Waals surface area contributed by atoms with Gasteiger partial charge in [0, 0.05) is 10.4 Å². The van der Waals surface area contributed by atoms with Gasteiger partial charge >= 0.3 is 5.97 Å². The van der Waals surface area contributed by atoms with Crippen molar-refractivity contribution in [2.75, 3.05) is 26.1 Å². The maximum Gasteiger partial charge on any atom is 0.306 e. The van der Waals surface area contributed by atoms with Crippen molar-refractivity contribution in [1.82, 2.24) is 0 Å². The lowest BCUT2D eigenvalue weighted by Crippen LogP contribution is -2.53. The lowest BCUT2D eigenvalue weighted by molar-refractivity contribution is -0.153. The molecule has 1 aromatic carbocycles. The quantitative estimate of drug-likeness (QED) is 0.479. The van der Waals surface area contributed by atoms with Gasteiger partial charge in [0.15, 0.2) is 6.61 Å². The monoisotopic (exact) mass is 465 g/mol. The molecule has 1 N–H and O–H groups in total. The van der Waals surface area contributed by atoms with E-state index < -0.39 is 5.91 Å². The van der Waals surface area contributed by atoms with Crippen molar-refractivity contribution in [1.29, 1.82) is 0 Å². The van der Waals surface area contributed by atoms with Gasteiger partial charge in [-0.25, -0.2) is 0 Å². The van der Waals surface area contributed by atoms with Gasteiger partial charge in [-0.05, 0) is 67.9 Å². The van der Waals surface area contributed by atoms with Crippen LogP contribution in [0.1, 0.15) is 44.9 Å². The zero-order valence-corrected chi connectivity index (χ0v) is 18.5. The Morgan fingerprint density at radius 3 is 2.48 bits per heavy atom. The Balaban J connectivity index is 1.32. The molecular formula is C22H28BrNO5. The van der Waals surface area contributed by atoms with E-state index in [2.05, 4.69) is 21.2 Å². The molecule has 0 heterocycles. The highest BCUT2D eigenvalue weighted by molar-refractivity contribution is 9.10. The van der Waals surface area contributed by atoms with E-state index in [4.69, 9.17) is 14.2 Å². The number of carbonyl (C=O) groups is 2. The first kappa shape index (κ1) is 20.5. The van der Waals surface area contributed by atoms with Crippen molar-refractivity contribution in [2.45, 2.75) is 49.3 Å². The molecule has 2 unspecified atom stereocenters. The van der Waals surface area contributed by atoms with E-state index in [1.807, 2.05) is 0 Å². The highest BCUT2D eigenvalue weighted by Crippen LogP contribution is 2.65. The lowest BCUT2D eigenvalue weighted by Gasteiger charge is -2.60. The fourth-order valence-electron chi connectivity index (χ4n) is 6.14. The second-order valence-electron chi connectivity index (χ2n) is 9.06. The molecule has 4 bridgehead atoms. The molecule has 0 aromatic heterocycles. The molecule has 4 saturated carbocycles. The number of ether oxygens (including phenoxy) is 3. The van der Waals surface area contributed by atoms with E-state index in [0.29, 0.717) is 35.4 Å². The second-order valence-corrected chi connectivity index (χ2v) is 10.7. The molecule has 29 heavy (non-hydrogen) atoms. The molecule has 6 nitrogen and oxygen atoms in total. The van der Waals surface area contributed by atoms with Gasteiger partial charge in [0.1, 0.15) is 11.5 Å². The summed E-state index contributed by atoms with van der Waals surface area (Å²) < 4.78 is 16.0. The first-order valence-electron chi connectivity index (χ1n) is 10.2. The maximum atomic E-state index is 12.6. The Kier molecular flexibility index (Phi) is 5.53. The summed E-state index contributed by atoms with van der Waals surface area (Å²) in [6.07, 6.45) is 7.42. The molecule has 0 saturated heterocycles. The molecule has 4 aliphatic carbocycles. The number of hydrogen-bond acceptors (Lipinski definition) is 5. The topological polar surface area (TPSA) is 73.9 Å². The van der Waals surface area contributed by atoms with Crippen LogP contribution in [0.2, 0.25) is 0 Å². The molecule has 0 radical (unpaired) electrons. The lowest BCUT2D eigenvalue weighted by atomic mass is 9.49. The number of benzene rings is 1. The summed E-state index contributed by atoms with van der Waals surface area (Å²) in [5.41, 5.74) is 0.521. The minimum atomic E-state index is -0.396. The molecule has 1 aromatic rings. The third kappa shape index (κ3) is 4.39. The second kappa shape index (κ2) is 7.82. The van der Waals surface area contributed by atoms with Crippen molar-refractivity contribution in [3.05, 3.63) is 18.2 Å². The van der Waals surface area contributed by atoms with Crippen LogP contribution in [0.25, 0.3) is 0 Å². The largest absolute Gasteiger partial charge is 0.497 e. The van der Waals surface area contributed by atoms with Crippen LogP contribution in [0, 0.1) is 17.3 Å². The summed E-state index contributed by atoms with van der Waals surface area (Å²) in [6.45, 7) is -0.304. The third-order valence-corrected chi connectivity index (χ3v) is 7.60. The smallest absolute Gasteiger partial charge is 0.306 e. The summed E-state index contributed by atoms with van der Waals surface area (Å²) in [7, 11) is 3.08. The van der Waals surface area contributed by atoms with Crippen molar-refractivity contribution in [3.63, 3.8) is 0 Å². The molecule has 0 aliphatic heterocycles. The van der Waals surface area contributed by atoms with Crippen LogP contribution in [0.4, 0.5) is 5.69 Å². The minimum absolute atomic E-state index is 0.0388. The predicted octanol–water partition coefficient (Wildman–Crippen LogP) is 4.31. The molecule has 158 valence electrons. The number of amides is 1. The Morgan fingerprint density at radius 2 is 1.86 bits per heavy atom. The van der Waals surface area contributed by atoms with Crippen LogP contribution in [0.15, 0.2) is 18.2 Å². The number of rotatable bonds is 7. The average Bonchev–Trinajstić information content (AvgIpc) is 2.64. The van der Waals surface area contributed by atoms with E-state index in [1.54, 1.807) is 25.3 Å². The Hall–Kier alpha value is -1.76. The van der Waals surface area contributed by atoms with Crippen LogP contribution in [-0.4, -0.2) is 37.0 Å². The zero-order chi connectivity index (χ0) is 20.6. The number of hydrogen-bond donors (Lipinski definition) is 1. The number of halogens is 1. The summed E-state index contributed by atoms with van der Waals surface area (Å²) >= 11 is 3.97. The van der Waals surface area contributed by atoms with E-state index in [0.717, 1.165) is 19.3 Å². The fourth-order valence-corrected chi connectivity index (χ4v) is 7.65. The average molecular weight is 466 g/mol. The van der Waals surface area contributed by atoms with Gasteiger partial charge in [-0.3, -0.25) is 9.59 Å². The summed E-state index contributed by atoms with van der Waals surface area (Å²) in [4.78, 5) is 24.9. The van der Waals surface area contributed by atoms with Crippen LogP contribution >= 0.6 is 15.9 Å². The number of anilines is 1. The van der Waals surface area contributed by atoms with Gasteiger partial charge in [-0.15, -0.1) is 0 Å². The number of nitrogens with one attached hydrogen (secondary N) is 1. The highest BCUT2D eigenvalue weighted by atomic mass is 79.9. The van der Waals surface area contributed by atoms with Crippen LogP contribution < -0.4 is 14.8 Å². The SMILES string of the molecule is COc1ccc(OC)c(NC(=O)COC(=O)CC23C[C@@H]4C[C@@H](CC(Br)(C4)C2)C3)c1. The van der Waals surface area contributed by atoms with Crippen LogP contribution in [0.3, 0.4) is 0 Å². The van der Waals surface area contributed by atoms with E-state index in [9.17, 15) is 9.59 Å².